The molecule has 0 radical (unpaired) electrons. The lowest BCUT2D eigenvalue weighted by Crippen LogP contribution is -2.37. The Hall–Kier alpha value is -1.61. The van der Waals surface area contributed by atoms with Crippen LogP contribution in [0.3, 0.4) is 0 Å². The third-order valence-corrected chi connectivity index (χ3v) is 8.70. The number of hydrogen-bond donors (Lipinski definition) is 0. The van der Waals surface area contributed by atoms with E-state index in [9.17, 15) is 13.2 Å². The maximum absolute atomic E-state index is 13.0. The number of sulfone groups is 1. The highest BCUT2D eigenvalue weighted by Gasteiger charge is 2.33. The van der Waals surface area contributed by atoms with E-state index in [1.807, 2.05) is 23.7 Å². The lowest BCUT2D eigenvalue weighted by Gasteiger charge is -2.22. The summed E-state index contributed by atoms with van der Waals surface area (Å²) in [5.41, 5.74) is 1.71. The molecule has 10 heteroatoms. The standard InChI is InChI=1S/C19H19Cl2N3O3S2/c1-11-15-8-17(18(25)23(2)14-5-6-29(26,27)10-14)28-19(15)24(22-11)9-12-3-4-13(20)7-16(12)21/h3-4,7-8,14H,5-6,9-10H2,1-2H3/t14-/m0/s1. The number of rotatable bonds is 4. The van der Waals surface area contributed by atoms with Gasteiger partial charge in [-0.05, 0) is 37.1 Å². The first-order chi connectivity index (χ1) is 13.6. The Morgan fingerprint density at radius 1 is 1.34 bits per heavy atom. The number of halogens is 2. The minimum Gasteiger partial charge on any atom is -0.337 e. The van der Waals surface area contributed by atoms with Crippen molar-refractivity contribution in [1.29, 1.82) is 0 Å². The highest BCUT2D eigenvalue weighted by Crippen LogP contribution is 2.31. The number of carbonyl (C=O) groups is 1. The average molecular weight is 472 g/mol. The van der Waals surface area contributed by atoms with Crippen molar-refractivity contribution in [3.05, 3.63) is 50.4 Å². The second-order valence-electron chi connectivity index (χ2n) is 7.28. The molecule has 1 aliphatic rings. The van der Waals surface area contributed by atoms with E-state index in [2.05, 4.69) is 5.10 Å². The van der Waals surface area contributed by atoms with Crippen molar-refractivity contribution >= 4 is 60.5 Å². The topological polar surface area (TPSA) is 72.3 Å². The lowest BCUT2D eigenvalue weighted by molar-refractivity contribution is 0.0752. The zero-order valence-corrected chi connectivity index (χ0v) is 19.0. The minimum atomic E-state index is -3.05. The smallest absolute Gasteiger partial charge is 0.264 e. The molecule has 6 nitrogen and oxygen atoms in total. The van der Waals surface area contributed by atoms with Crippen LogP contribution in [0.1, 0.15) is 27.3 Å². The van der Waals surface area contributed by atoms with Crippen LogP contribution in [0, 0.1) is 6.92 Å². The highest BCUT2D eigenvalue weighted by molar-refractivity contribution is 7.91. The predicted octanol–water partition coefficient (Wildman–Crippen LogP) is 4.02. The zero-order chi connectivity index (χ0) is 20.9. The maximum Gasteiger partial charge on any atom is 0.264 e. The molecule has 1 aliphatic heterocycles. The van der Waals surface area contributed by atoms with Gasteiger partial charge in [0.25, 0.3) is 5.91 Å². The van der Waals surface area contributed by atoms with Crippen molar-refractivity contribution in [1.82, 2.24) is 14.7 Å². The number of aromatic nitrogens is 2. The first-order valence-electron chi connectivity index (χ1n) is 9.03. The van der Waals surface area contributed by atoms with Crippen LogP contribution in [-0.4, -0.2) is 53.6 Å². The first kappa shape index (κ1) is 20.7. The fraction of sp³-hybridized carbons (Fsp3) is 0.368. The fourth-order valence-corrected chi connectivity index (χ4v) is 6.94. The molecule has 0 saturated carbocycles. The van der Waals surface area contributed by atoms with Gasteiger partial charge in [0.15, 0.2) is 9.84 Å². The van der Waals surface area contributed by atoms with E-state index in [4.69, 9.17) is 23.2 Å². The van der Waals surface area contributed by atoms with Crippen LogP contribution < -0.4 is 0 Å². The second-order valence-corrected chi connectivity index (χ2v) is 11.4. The van der Waals surface area contributed by atoms with Crippen LogP contribution in [0.2, 0.25) is 10.0 Å². The van der Waals surface area contributed by atoms with Crippen molar-refractivity contribution in [3.8, 4) is 0 Å². The molecule has 1 atom stereocenters. The number of aryl methyl sites for hydroxylation is 1. The molecule has 3 aromatic rings. The quantitative estimate of drug-likeness (QED) is 0.575. The van der Waals surface area contributed by atoms with Crippen molar-refractivity contribution in [3.63, 3.8) is 0 Å². The summed E-state index contributed by atoms with van der Waals surface area (Å²) in [5, 5.41) is 6.63. The average Bonchev–Trinajstić information content (AvgIpc) is 3.32. The normalized spacial score (nSPS) is 18.4. The lowest BCUT2D eigenvalue weighted by atomic mass is 10.2. The molecular weight excluding hydrogens is 453 g/mol. The number of amides is 1. The number of benzene rings is 1. The van der Waals surface area contributed by atoms with Gasteiger partial charge in [-0.2, -0.15) is 5.10 Å². The predicted molar refractivity (Wildman–Crippen MR) is 117 cm³/mol. The Morgan fingerprint density at radius 3 is 2.76 bits per heavy atom. The van der Waals surface area contributed by atoms with Gasteiger partial charge in [0.05, 0.1) is 28.6 Å². The number of carbonyl (C=O) groups excluding carboxylic acids is 1. The van der Waals surface area contributed by atoms with E-state index >= 15 is 0 Å². The van der Waals surface area contributed by atoms with Gasteiger partial charge in [-0.15, -0.1) is 11.3 Å². The molecule has 0 bridgehead atoms. The molecule has 1 aromatic carbocycles. The van der Waals surface area contributed by atoms with E-state index in [-0.39, 0.29) is 23.5 Å². The van der Waals surface area contributed by atoms with Crippen molar-refractivity contribution < 1.29 is 13.2 Å². The van der Waals surface area contributed by atoms with Gasteiger partial charge < -0.3 is 4.90 Å². The van der Waals surface area contributed by atoms with E-state index in [0.717, 1.165) is 21.5 Å². The summed E-state index contributed by atoms with van der Waals surface area (Å²) in [6, 6.07) is 6.90. The van der Waals surface area contributed by atoms with Crippen molar-refractivity contribution in [2.45, 2.75) is 25.9 Å². The van der Waals surface area contributed by atoms with E-state index < -0.39 is 9.84 Å². The molecule has 2 aromatic heterocycles. The van der Waals surface area contributed by atoms with Crippen LogP contribution in [0.5, 0.6) is 0 Å². The molecule has 1 amide bonds. The molecule has 0 unspecified atom stereocenters. The van der Waals surface area contributed by atoms with Gasteiger partial charge in [-0.1, -0.05) is 29.3 Å². The second kappa shape index (κ2) is 7.58. The number of fused-ring (bicyclic) bond motifs is 1. The van der Waals surface area contributed by atoms with Gasteiger partial charge in [-0.3, -0.25) is 9.48 Å². The number of hydrogen-bond acceptors (Lipinski definition) is 5. The molecule has 29 heavy (non-hydrogen) atoms. The molecule has 1 fully saturated rings. The van der Waals surface area contributed by atoms with Crippen LogP contribution >= 0.6 is 34.5 Å². The summed E-state index contributed by atoms with van der Waals surface area (Å²) in [6.45, 7) is 2.36. The van der Waals surface area contributed by atoms with Gasteiger partial charge in [0.2, 0.25) is 0 Å². The molecule has 0 spiro atoms. The van der Waals surface area contributed by atoms with Gasteiger partial charge in [0, 0.05) is 28.5 Å². The van der Waals surface area contributed by atoms with Crippen LogP contribution in [0.15, 0.2) is 24.3 Å². The van der Waals surface area contributed by atoms with Gasteiger partial charge >= 0.3 is 0 Å². The monoisotopic (exact) mass is 471 g/mol. The maximum atomic E-state index is 13.0. The summed E-state index contributed by atoms with van der Waals surface area (Å²) < 4.78 is 25.3. The van der Waals surface area contributed by atoms with E-state index in [0.29, 0.717) is 27.9 Å². The molecule has 0 aliphatic carbocycles. The minimum absolute atomic E-state index is 0.0298. The summed E-state index contributed by atoms with van der Waals surface area (Å²) in [6.07, 6.45) is 0.483. The SMILES string of the molecule is Cc1nn(Cc2ccc(Cl)cc2Cl)c2sc(C(=O)N(C)[C@H]3CCS(=O)(=O)C3)cc12. The number of thiophene rings is 1. The van der Waals surface area contributed by atoms with Gasteiger partial charge in [0.1, 0.15) is 4.83 Å². The largest absolute Gasteiger partial charge is 0.337 e. The Morgan fingerprint density at radius 2 is 2.10 bits per heavy atom. The van der Waals surface area contributed by atoms with Crippen molar-refractivity contribution in [2.75, 3.05) is 18.6 Å². The third-order valence-electron chi connectivity index (χ3n) is 5.23. The molecule has 3 heterocycles. The molecular formula is C19H19Cl2N3O3S2. The zero-order valence-electron chi connectivity index (χ0n) is 15.9. The molecule has 4 rings (SSSR count). The Labute approximate surface area is 182 Å². The Bertz CT molecular complexity index is 1220. The van der Waals surface area contributed by atoms with Crippen molar-refractivity contribution in [2.24, 2.45) is 0 Å². The van der Waals surface area contributed by atoms with Crippen LogP contribution in [0.4, 0.5) is 0 Å². The van der Waals surface area contributed by atoms with E-state index in [1.54, 1.807) is 24.1 Å². The summed E-state index contributed by atoms with van der Waals surface area (Å²) in [5.74, 6) is 0.00313. The first-order valence-corrected chi connectivity index (χ1v) is 12.4. The summed E-state index contributed by atoms with van der Waals surface area (Å²) in [7, 11) is -1.38. The Balaban J connectivity index is 1.63. The summed E-state index contributed by atoms with van der Waals surface area (Å²) >= 11 is 13.6. The Kier molecular flexibility index (Phi) is 5.40. The summed E-state index contributed by atoms with van der Waals surface area (Å²) in [4.78, 5) is 16.0. The molecule has 154 valence electrons. The fourth-order valence-electron chi connectivity index (χ4n) is 3.56. The third kappa shape index (κ3) is 4.03. The van der Waals surface area contributed by atoms with Gasteiger partial charge in [-0.25, -0.2) is 8.42 Å². The highest BCUT2D eigenvalue weighted by atomic mass is 35.5. The van der Waals surface area contributed by atoms with Crippen LogP contribution in [-0.2, 0) is 16.4 Å². The van der Waals surface area contributed by atoms with E-state index in [1.165, 1.54) is 11.3 Å². The number of nitrogens with zero attached hydrogens (tertiary/aromatic N) is 3. The molecule has 1 saturated heterocycles. The molecule has 0 N–H and O–H groups in total. The van der Waals surface area contributed by atoms with Crippen LogP contribution in [0.25, 0.3) is 10.2 Å².